The quantitative estimate of drug-likeness (QED) is 0.347. The van der Waals surface area contributed by atoms with Crippen molar-refractivity contribution in [3.63, 3.8) is 0 Å². The molecule has 0 radical (unpaired) electrons. The standard InChI is InChI=1S/C31H34N4O6S/c1-23(31(37)40-2)32-42(38,39)35-16-14-33(15-17-35)27-12-9-24(10-13-27)6-7-25-8-11-26-4-3-5-28(29(26)22-25)30(36)34-18-20-41-21-19-34/h3-5,8-13,22-23,32H,14-21H2,1-2H3/t23-/m1/s1. The van der Waals surface area contributed by atoms with Crippen LogP contribution in [0, 0.1) is 11.8 Å². The molecule has 3 aromatic carbocycles. The number of hydrogen-bond donors (Lipinski definition) is 1. The highest BCUT2D eigenvalue weighted by atomic mass is 32.2. The molecule has 5 rings (SSSR count). The van der Waals surface area contributed by atoms with Gasteiger partial charge in [-0.1, -0.05) is 30.0 Å². The van der Waals surface area contributed by atoms with Crippen molar-refractivity contribution in [1.82, 2.24) is 13.9 Å². The van der Waals surface area contributed by atoms with E-state index >= 15 is 0 Å². The van der Waals surface area contributed by atoms with Crippen molar-refractivity contribution in [2.45, 2.75) is 13.0 Å². The number of morpholine rings is 1. The van der Waals surface area contributed by atoms with Crippen LogP contribution < -0.4 is 9.62 Å². The minimum Gasteiger partial charge on any atom is -0.468 e. The molecule has 1 atom stereocenters. The van der Waals surface area contributed by atoms with E-state index in [1.54, 1.807) is 0 Å². The van der Waals surface area contributed by atoms with Crippen LogP contribution in [0.1, 0.15) is 28.4 Å². The van der Waals surface area contributed by atoms with Gasteiger partial charge in [0.15, 0.2) is 0 Å². The Balaban J connectivity index is 1.23. The monoisotopic (exact) mass is 590 g/mol. The summed E-state index contributed by atoms with van der Waals surface area (Å²) in [5.74, 6) is 5.81. The van der Waals surface area contributed by atoms with Crippen LogP contribution in [-0.4, -0.2) is 95.1 Å². The smallest absolute Gasteiger partial charge is 0.323 e. The van der Waals surface area contributed by atoms with Crippen LogP contribution in [0.15, 0.2) is 60.7 Å². The number of ether oxygens (including phenoxy) is 2. The van der Waals surface area contributed by atoms with Crippen LogP contribution in [0.4, 0.5) is 5.69 Å². The van der Waals surface area contributed by atoms with E-state index in [4.69, 9.17) is 4.74 Å². The molecule has 0 unspecified atom stereocenters. The average molecular weight is 591 g/mol. The molecule has 1 N–H and O–H groups in total. The predicted octanol–water partition coefficient (Wildman–Crippen LogP) is 2.23. The first-order valence-electron chi connectivity index (χ1n) is 13.9. The summed E-state index contributed by atoms with van der Waals surface area (Å²) in [6.07, 6.45) is 0. The van der Waals surface area contributed by atoms with Crippen LogP contribution in [0.5, 0.6) is 0 Å². The lowest BCUT2D eigenvalue weighted by Crippen LogP contribution is -2.54. The number of nitrogens with zero attached hydrogens (tertiary/aromatic N) is 3. The molecule has 1 amide bonds. The number of carbonyl (C=O) groups is 2. The fourth-order valence-corrected chi connectivity index (χ4v) is 6.42. The lowest BCUT2D eigenvalue weighted by molar-refractivity contribution is -0.142. The Kier molecular flexibility index (Phi) is 9.09. The molecule has 2 aliphatic heterocycles. The summed E-state index contributed by atoms with van der Waals surface area (Å²) in [6, 6.07) is 18.6. The van der Waals surface area contributed by atoms with Gasteiger partial charge in [0, 0.05) is 61.6 Å². The minimum atomic E-state index is -3.80. The van der Waals surface area contributed by atoms with Gasteiger partial charge in [0.2, 0.25) is 0 Å². The SMILES string of the molecule is COC(=O)[C@@H](C)NS(=O)(=O)N1CCN(c2ccc(C#Cc3ccc4cccc(C(=O)N5CCOCC5)c4c3)cc2)CC1. The van der Waals surface area contributed by atoms with Crippen LogP contribution in [0.2, 0.25) is 0 Å². The van der Waals surface area contributed by atoms with Crippen molar-refractivity contribution in [2.24, 2.45) is 0 Å². The summed E-state index contributed by atoms with van der Waals surface area (Å²) in [6.45, 7) is 5.36. The Morgan fingerprint density at radius 1 is 0.905 bits per heavy atom. The maximum atomic E-state index is 13.2. The van der Waals surface area contributed by atoms with E-state index in [0.29, 0.717) is 58.0 Å². The molecular formula is C31H34N4O6S. The van der Waals surface area contributed by atoms with Crippen molar-refractivity contribution in [1.29, 1.82) is 0 Å². The van der Waals surface area contributed by atoms with Crippen LogP contribution in [0.3, 0.4) is 0 Å². The number of methoxy groups -OCH3 is 1. The molecule has 2 fully saturated rings. The highest BCUT2D eigenvalue weighted by Crippen LogP contribution is 2.23. The Hall–Kier alpha value is -3.95. The van der Waals surface area contributed by atoms with Gasteiger partial charge in [0.25, 0.3) is 16.1 Å². The number of carbonyl (C=O) groups excluding carboxylic acids is 2. The number of fused-ring (bicyclic) bond motifs is 1. The maximum absolute atomic E-state index is 13.2. The van der Waals surface area contributed by atoms with Crippen LogP contribution >= 0.6 is 0 Å². The van der Waals surface area contributed by atoms with Crippen molar-refractivity contribution in [2.75, 3.05) is 64.5 Å². The van der Waals surface area contributed by atoms with Crippen molar-refractivity contribution in [3.8, 4) is 11.8 Å². The third kappa shape index (κ3) is 6.74. The number of rotatable bonds is 6. The van der Waals surface area contributed by atoms with E-state index in [1.165, 1.54) is 18.3 Å². The molecule has 0 aromatic heterocycles. The molecule has 2 saturated heterocycles. The zero-order valence-corrected chi connectivity index (χ0v) is 24.5. The fraction of sp³-hybridized carbons (Fsp3) is 0.355. The summed E-state index contributed by atoms with van der Waals surface area (Å²) in [4.78, 5) is 28.7. The van der Waals surface area contributed by atoms with Gasteiger partial charge in [0.1, 0.15) is 6.04 Å². The molecule has 0 spiro atoms. The summed E-state index contributed by atoms with van der Waals surface area (Å²) >= 11 is 0. The molecule has 2 heterocycles. The van der Waals surface area contributed by atoms with Crippen molar-refractivity contribution >= 4 is 38.5 Å². The zero-order valence-electron chi connectivity index (χ0n) is 23.7. The normalized spacial score (nSPS) is 16.9. The van der Waals surface area contributed by atoms with E-state index < -0.39 is 22.2 Å². The second-order valence-electron chi connectivity index (χ2n) is 10.2. The number of anilines is 1. The molecular weight excluding hydrogens is 556 g/mol. The van der Waals surface area contributed by atoms with E-state index in [2.05, 4.69) is 26.2 Å². The number of amides is 1. The molecule has 0 bridgehead atoms. The van der Waals surface area contributed by atoms with Crippen LogP contribution in [-0.2, 0) is 24.5 Å². The Morgan fingerprint density at radius 3 is 2.26 bits per heavy atom. The van der Waals surface area contributed by atoms with Crippen molar-refractivity contribution < 1.29 is 27.5 Å². The summed E-state index contributed by atoms with van der Waals surface area (Å²) in [5.41, 5.74) is 3.31. The van der Waals surface area contributed by atoms with E-state index in [0.717, 1.165) is 27.6 Å². The molecule has 11 heteroatoms. The summed E-state index contributed by atoms with van der Waals surface area (Å²) < 4.78 is 39.0. The zero-order chi connectivity index (χ0) is 29.7. The second kappa shape index (κ2) is 12.9. The van der Waals surface area contributed by atoms with Gasteiger partial charge >= 0.3 is 5.97 Å². The third-order valence-corrected chi connectivity index (χ3v) is 9.15. The molecule has 3 aromatic rings. The van der Waals surface area contributed by atoms with Gasteiger partial charge in [-0.2, -0.15) is 17.4 Å². The molecule has 0 saturated carbocycles. The van der Waals surface area contributed by atoms with E-state index in [-0.39, 0.29) is 5.91 Å². The first-order chi connectivity index (χ1) is 20.2. The minimum absolute atomic E-state index is 0.00930. The molecule has 42 heavy (non-hydrogen) atoms. The lowest BCUT2D eigenvalue weighted by Gasteiger charge is -2.35. The predicted molar refractivity (Wildman–Crippen MR) is 160 cm³/mol. The first-order valence-corrected chi connectivity index (χ1v) is 15.3. The number of benzene rings is 3. The Labute approximate surface area is 246 Å². The van der Waals surface area contributed by atoms with Crippen LogP contribution in [0.25, 0.3) is 10.8 Å². The molecule has 0 aliphatic carbocycles. The molecule has 2 aliphatic rings. The maximum Gasteiger partial charge on any atom is 0.323 e. The Morgan fingerprint density at radius 2 is 1.57 bits per heavy atom. The molecule has 220 valence electrons. The van der Waals surface area contributed by atoms with Crippen molar-refractivity contribution in [3.05, 3.63) is 77.4 Å². The number of esters is 1. The van der Waals surface area contributed by atoms with E-state index in [1.807, 2.05) is 65.6 Å². The summed E-state index contributed by atoms with van der Waals surface area (Å²) in [5, 5.41) is 1.87. The molecule has 10 nitrogen and oxygen atoms in total. The topological polar surface area (TPSA) is 108 Å². The van der Waals surface area contributed by atoms with Gasteiger partial charge in [-0.15, -0.1) is 0 Å². The lowest BCUT2D eigenvalue weighted by atomic mass is 10.0. The second-order valence-corrected chi connectivity index (χ2v) is 11.9. The number of piperazine rings is 1. The highest BCUT2D eigenvalue weighted by molar-refractivity contribution is 7.87. The third-order valence-electron chi connectivity index (χ3n) is 7.45. The van der Waals surface area contributed by atoms with E-state index in [9.17, 15) is 18.0 Å². The van der Waals surface area contributed by atoms with Gasteiger partial charge in [-0.25, -0.2) is 0 Å². The largest absolute Gasteiger partial charge is 0.468 e. The fourth-order valence-electron chi connectivity index (χ4n) is 5.08. The number of hydrogen-bond acceptors (Lipinski definition) is 7. The first kappa shape index (κ1) is 29.5. The van der Waals surface area contributed by atoms with Gasteiger partial charge in [-0.05, 0) is 60.2 Å². The average Bonchev–Trinajstić information content (AvgIpc) is 3.03. The van der Waals surface area contributed by atoms with Gasteiger partial charge in [0.05, 0.1) is 20.3 Å². The summed E-state index contributed by atoms with van der Waals surface area (Å²) in [7, 11) is -2.58. The van der Waals surface area contributed by atoms with Gasteiger partial charge < -0.3 is 19.3 Å². The van der Waals surface area contributed by atoms with Gasteiger partial charge in [-0.3, -0.25) is 9.59 Å². The highest BCUT2D eigenvalue weighted by Gasteiger charge is 2.30. The number of nitrogens with one attached hydrogen (secondary N) is 1. The Bertz CT molecular complexity index is 1620.